The number of piperidine rings is 1. The van der Waals surface area contributed by atoms with E-state index in [1.807, 2.05) is 6.07 Å². The van der Waals surface area contributed by atoms with E-state index in [-0.39, 0.29) is 5.82 Å². The molecule has 2 aromatic carbocycles. The van der Waals surface area contributed by atoms with E-state index in [0.717, 1.165) is 29.7 Å². The highest BCUT2D eigenvalue weighted by molar-refractivity contribution is 5.88. The fraction of sp³-hybridized carbons (Fsp3) is 0.263. The summed E-state index contributed by atoms with van der Waals surface area (Å²) in [7, 11) is 0. The van der Waals surface area contributed by atoms with Crippen molar-refractivity contribution in [3.63, 3.8) is 0 Å². The van der Waals surface area contributed by atoms with Crippen LogP contribution in [0.25, 0.3) is 22.0 Å². The van der Waals surface area contributed by atoms with Crippen LogP contribution >= 0.6 is 0 Å². The predicted molar refractivity (Wildman–Crippen MR) is 88.5 cm³/mol. The molecule has 112 valence electrons. The Kier molecular flexibility index (Phi) is 3.43. The van der Waals surface area contributed by atoms with Crippen LogP contribution in [-0.2, 0) is 0 Å². The minimum atomic E-state index is -0.190. The first-order valence-corrected chi connectivity index (χ1v) is 7.89. The van der Waals surface area contributed by atoms with Crippen LogP contribution in [0.5, 0.6) is 0 Å². The SMILES string of the molecule is Fc1cccc(-c2ccc3[nH]cc(C4CCNCC4)c3c2)c1. The fourth-order valence-electron chi connectivity index (χ4n) is 3.46. The number of aromatic amines is 1. The van der Waals surface area contributed by atoms with E-state index in [0.29, 0.717) is 5.92 Å². The minimum absolute atomic E-state index is 0.190. The van der Waals surface area contributed by atoms with E-state index in [4.69, 9.17) is 0 Å². The third kappa shape index (κ3) is 2.42. The molecule has 0 spiro atoms. The van der Waals surface area contributed by atoms with Gasteiger partial charge in [0.25, 0.3) is 0 Å². The number of rotatable bonds is 2. The normalized spacial score (nSPS) is 16.2. The summed E-state index contributed by atoms with van der Waals surface area (Å²) in [6.07, 6.45) is 4.50. The summed E-state index contributed by atoms with van der Waals surface area (Å²) in [6, 6.07) is 13.1. The van der Waals surface area contributed by atoms with Gasteiger partial charge in [-0.15, -0.1) is 0 Å². The first kappa shape index (κ1) is 13.5. The molecule has 0 amide bonds. The maximum absolute atomic E-state index is 13.5. The lowest BCUT2D eigenvalue weighted by atomic mass is 9.89. The lowest BCUT2D eigenvalue weighted by Gasteiger charge is -2.22. The molecule has 0 bridgehead atoms. The standard InChI is InChI=1S/C19H19FN2/c20-16-3-1-2-14(10-16)15-4-5-19-17(11-15)18(12-22-19)13-6-8-21-9-7-13/h1-5,10-13,21-22H,6-9H2. The number of H-pyrrole nitrogens is 1. The molecular weight excluding hydrogens is 275 g/mol. The van der Waals surface area contributed by atoms with Gasteiger partial charge in [0.2, 0.25) is 0 Å². The van der Waals surface area contributed by atoms with Crippen LogP contribution in [0.3, 0.4) is 0 Å². The van der Waals surface area contributed by atoms with Crippen LogP contribution in [0.15, 0.2) is 48.7 Å². The molecule has 0 radical (unpaired) electrons. The number of hydrogen-bond acceptors (Lipinski definition) is 1. The Hall–Kier alpha value is -2.13. The van der Waals surface area contributed by atoms with Gasteiger partial charge in [-0.3, -0.25) is 0 Å². The van der Waals surface area contributed by atoms with Crippen molar-refractivity contribution >= 4 is 10.9 Å². The average Bonchev–Trinajstić information content (AvgIpc) is 2.99. The number of fused-ring (bicyclic) bond motifs is 1. The maximum Gasteiger partial charge on any atom is 0.123 e. The Bertz CT molecular complexity index is 800. The molecule has 4 rings (SSSR count). The molecule has 0 aliphatic carbocycles. The zero-order chi connectivity index (χ0) is 14.9. The van der Waals surface area contributed by atoms with Gasteiger partial charge in [-0.2, -0.15) is 0 Å². The summed E-state index contributed by atoms with van der Waals surface area (Å²) in [5, 5.41) is 4.69. The molecule has 0 atom stereocenters. The van der Waals surface area contributed by atoms with E-state index in [2.05, 4.69) is 34.7 Å². The van der Waals surface area contributed by atoms with E-state index in [9.17, 15) is 4.39 Å². The van der Waals surface area contributed by atoms with Gasteiger partial charge in [0.1, 0.15) is 5.82 Å². The van der Waals surface area contributed by atoms with Gasteiger partial charge in [-0.25, -0.2) is 4.39 Å². The molecule has 3 aromatic rings. The van der Waals surface area contributed by atoms with Gasteiger partial charge in [0, 0.05) is 17.1 Å². The lowest BCUT2D eigenvalue weighted by Crippen LogP contribution is -2.26. The highest BCUT2D eigenvalue weighted by atomic mass is 19.1. The Balaban J connectivity index is 1.79. The highest BCUT2D eigenvalue weighted by Gasteiger charge is 2.18. The van der Waals surface area contributed by atoms with E-state index in [1.165, 1.54) is 29.9 Å². The molecular formula is C19H19FN2. The molecule has 2 heterocycles. The van der Waals surface area contributed by atoms with Crippen molar-refractivity contribution in [2.24, 2.45) is 0 Å². The molecule has 1 fully saturated rings. The van der Waals surface area contributed by atoms with Crippen molar-refractivity contribution in [2.45, 2.75) is 18.8 Å². The van der Waals surface area contributed by atoms with E-state index >= 15 is 0 Å². The largest absolute Gasteiger partial charge is 0.361 e. The van der Waals surface area contributed by atoms with Gasteiger partial charge in [0.15, 0.2) is 0 Å². The number of nitrogens with one attached hydrogen (secondary N) is 2. The van der Waals surface area contributed by atoms with Crippen LogP contribution in [0.4, 0.5) is 4.39 Å². The first-order chi connectivity index (χ1) is 10.8. The van der Waals surface area contributed by atoms with Crippen molar-refractivity contribution in [1.29, 1.82) is 0 Å². The minimum Gasteiger partial charge on any atom is -0.361 e. The third-order valence-electron chi connectivity index (χ3n) is 4.65. The first-order valence-electron chi connectivity index (χ1n) is 7.89. The summed E-state index contributed by atoms with van der Waals surface area (Å²) >= 11 is 0. The van der Waals surface area contributed by atoms with Crippen LogP contribution in [0.1, 0.15) is 24.3 Å². The number of hydrogen-bond donors (Lipinski definition) is 2. The van der Waals surface area contributed by atoms with E-state index < -0.39 is 0 Å². The molecule has 1 aliphatic heterocycles. The quantitative estimate of drug-likeness (QED) is 0.718. The second kappa shape index (κ2) is 5.58. The molecule has 1 saturated heterocycles. The number of aromatic nitrogens is 1. The van der Waals surface area contributed by atoms with Gasteiger partial charge in [-0.1, -0.05) is 18.2 Å². The molecule has 2 N–H and O–H groups in total. The molecule has 2 nitrogen and oxygen atoms in total. The zero-order valence-corrected chi connectivity index (χ0v) is 12.4. The second-order valence-corrected chi connectivity index (χ2v) is 6.04. The molecule has 1 aromatic heterocycles. The van der Waals surface area contributed by atoms with E-state index in [1.54, 1.807) is 12.1 Å². The smallest absolute Gasteiger partial charge is 0.123 e. The summed E-state index contributed by atoms with van der Waals surface area (Å²) in [6.45, 7) is 2.17. The Morgan fingerprint density at radius 1 is 0.955 bits per heavy atom. The Labute approximate surface area is 129 Å². The van der Waals surface area contributed by atoms with Gasteiger partial charge in [-0.05, 0) is 72.8 Å². The molecule has 0 saturated carbocycles. The van der Waals surface area contributed by atoms with Crippen LogP contribution in [0, 0.1) is 5.82 Å². The number of benzene rings is 2. The van der Waals surface area contributed by atoms with Crippen LogP contribution in [0.2, 0.25) is 0 Å². The monoisotopic (exact) mass is 294 g/mol. The van der Waals surface area contributed by atoms with Crippen molar-refractivity contribution in [1.82, 2.24) is 10.3 Å². The van der Waals surface area contributed by atoms with Crippen LogP contribution < -0.4 is 5.32 Å². The zero-order valence-electron chi connectivity index (χ0n) is 12.4. The van der Waals surface area contributed by atoms with Gasteiger partial charge in [0.05, 0.1) is 0 Å². The molecule has 1 aliphatic rings. The third-order valence-corrected chi connectivity index (χ3v) is 4.65. The predicted octanol–water partition coefficient (Wildman–Crippen LogP) is 4.44. The van der Waals surface area contributed by atoms with Crippen molar-refractivity contribution in [3.05, 3.63) is 60.0 Å². The van der Waals surface area contributed by atoms with Crippen molar-refractivity contribution in [2.75, 3.05) is 13.1 Å². The topological polar surface area (TPSA) is 27.8 Å². The Morgan fingerprint density at radius 3 is 2.59 bits per heavy atom. The van der Waals surface area contributed by atoms with Crippen molar-refractivity contribution in [3.8, 4) is 11.1 Å². The highest BCUT2D eigenvalue weighted by Crippen LogP contribution is 2.33. The average molecular weight is 294 g/mol. The Morgan fingerprint density at radius 2 is 1.77 bits per heavy atom. The summed E-state index contributed by atoms with van der Waals surface area (Å²) in [5.41, 5.74) is 4.56. The maximum atomic E-state index is 13.5. The molecule has 3 heteroatoms. The summed E-state index contributed by atoms with van der Waals surface area (Å²) < 4.78 is 13.5. The number of halogens is 1. The second-order valence-electron chi connectivity index (χ2n) is 6.04. The van der Waals surface area contributed by atoms with Gasteiger partial charge >= 0.3 is 0 Å². The van der Waals surface area contributed by atoms with Gasteiger partial charge < -0.3 is 10.3 Å². The molecule has 22 heavy (non-hydrogen) atoms. The summed E-state index contributed by atoms with van der Waals surface area (Å²) in [5.74, 6) is 0.419. The summed E-state index contributed by atoms with van der Waals surface area (Å²) in [4.78, 5) is 3.38. The fourth-order valence-corrected chi connectivity index (χ4v) is 3.46. The van der Waals surface area contributed by atoms with Crippen molar-refractivity contribution < 1.29 is 4.39 Å². The van der Waals surface area contributed by atoms with Crippen LogP contribution in [-0.4, -0.2) is 18.1 Å². The molecule has 0 unspecified atom stereocenters. The lowest BCUT2D eigenvalue weighted by molar-refractivity contribution is 0.462.